The number of aryl methyl sites for hydroxylation is 1. The maximum Gasteiger partial charge on any atom is 0.421 e. The van der Waals surface area contributed by atoms with Gasteiger partial charge in [-0.15, -0.1) is 10.2 Å². The van der Waals surface area contributed by atoms with Crippen molar-refractivity contribution in [2.45, 2.75) is 19.9 Å². The van der Waals surface area contributed by atoms with Crippen LogP contribution in [0.2, 0.25) is 0 Å². The van der Waals surface area contributed by atoms with Gasteiger partial charge in [-0.25, -0.2) is 14.3 Å². The Labute approximate surface area is 136 Å². The fourth-order valence-electron chi connectivity index (χ4n) is 2.57. The molecule has 0 saturated carbocycles. The minimum atomic E-state index is -0.498. The molecule has 0 N–H and O–H groups in total. The standard InChI is InChI=1S/C17H14N4O3/c1-11-5-2-3-6-12(11)9-14-19-20-15(24-14)10-21-16-13(23-17(21)22)7-4-8-18-16/h2-8H,9-10H2,1H3. The number of rotatable bonds is 4. The number of oxazole rings is 1. The second kappa shape index (κ2) is 5.77. The van der Waals surface area contributed by atoms with E-state index in [0.717, 1.165) is 5.56 Å². The van der Waals surface area contributed by atoms with E-state index in [4.69, 9.17) is 8.83 Å². The van der Waals surface area contributed by atoms with Crippen LogP contribution in [0, 0.1) is 6.92 Å². The molecule has 0 bridgehead atoms. The third-order valence-corrected chi connectivity index (χ3v) is 3.83. The summed E-state index contributed by atoms with van der Waals surface area (Å²) in [4.78, 5) is 16.1. The Morgan fingerprint density at radius 2 is 1.88 bits per heavy atom. The average Bonchev–Trinajstić information content (AvgIpc) is 3.15. The summed E-state index contributed by atoms with van der Waals surface area (Å²) in [7, 11) is 0. The molecule has 0 fully saturated rings. The van der Waals surface area contributed by atoms with Gasteiger partial charge in [0.15, 0.2) is 11.2 Å². The zero-order valence-electron chi connectivity index (χ0n) is 13.0. The summed E-state index contributed by atoms with van der Waals surface area (Å²) < 4.78 is 12.2. The summed E-state index contributed by atoms with van der Waals surface area (Å²) in [6.45, 7) is 2.17. The Balaban J connectivity index is 1.60. The van der Waals surface area contributed by atoms with Crippen molar-refractivity contribution in [3.8, 4) is 0 Å². The zero-order valence-corrected chi connectivity index (χ0v) is 13.0. The molecule has 0 amide bonds. The van der Waals surface area contributed by atoms with Gasteiger partial charge in [0.1, 0.15) is 6.54 Å². The largest absolute Gasteiger partial charge is 0.423 e. The average molecular weight is 322 g/mol. The normalized spacial score (nSPS) is 11.2. The van der Waals surface area contributed by atoms with E-state index in [-0.39, 0.29) is 6.54 Å². The molecule has 0 spiro atoms. The van der Waals surface area contributed by atoms with Crippen LogP contribution in [0.5, 0.6) is 0 Å². The first kappa shape index (κ1) is 14.4. The van der Waals surface area contributed by atoms with Crippen molar-refractivity contribution in [1.82, 2.24) is 19.7 Å². The third-order valence-electron chi connectivity index (χ3n) is 3.83. The van der Waals surface area contributed by atoms with Gasteiger partial charge in [-0.3, -0.25) is 0 Å². The highest BCUT2D eigenvalue weighted by atomic mass is 16.4. The predicted molar refractivity (Wildman–Crippen MR) is 85.7 cm³/mol. The molecule has 7 nitrogen and oxygen atoms in total. The van der Waals surface area contributed by atoms with Crippen molar-refractivity contribution < 1.29 is 8.83 Å². The summed E-state index contributed by atoms with van der Waals surface area (Å²) in [5, 5.41) is 8.08. The SMILES string of the molecule is Cc1ccccc1Cc1nnc(Cn2c(=O)oc3cccnc32)o1. The Kier molecular flexibility index (Phi) is 3.45. The van der Waals surface area contributed by atoms with Gasteiger partial charge >= 0.3 is 5.76 Å². The lowest BCUT2D eigenvalue weighted by Gasteiger charge is -2.01. The number of hydrogen-bond acceptors (Lipinski definition) is 6. The van der Waals surface area contributed by atoms with E-state index in [2.05, 4.69) is 15.2 Å². The summed E-state index contributed by atoms with van der Waals surface area (Å²) in [5.41, 5.74) is 3.18. The molecule has 0 atom stereocenters. The molecule has 7 heteroatoms. The van der Waals surface area contributed by atoms with Crippen LogP contribution in [0.1, 0.15) is 22.9 Å². The first-order valence-corrected chi connectivity index (χ1v) is 7.51. The van der Waals surface area contributed by atoms with Crippen molar-refractivity contribution in [1.29, 1.82) is 0 Å². The van der Waals surface area contributed by atoms with Crippen LogP contribution in [0.3, 0.4) is 0 Å². The Morgan fingerprint density at radius 1 is 1.04 bits per heavy atom. The van der Waals surface area contributed by atoms with Crippen molar-refractivity contribution >= 4 is 11.2 Å². The first-order chi connectivity index (χ1) is 11.7. The number of benzene rings is 1. The van der Waals surface area contributed by atoms with Crippen LogP contribution < -0.4 is 5.76 Å². The van der Waals surface area contributed by atoms with Gasteiger partial charge in [-0.1, -0.05) is 24.3 Å². The molecule has 0 aliphatic heterocycles. The van der Waals surface area contributed by atoms with Gasteiger partial charge in [-0.2, -0.15) is 0 Å². The van der Waals surface area contributed by atoms with Crippen molar-refractivity contribution in [2.24, 2.45) is 0 Å². The van der Waals surface area contributed by atoms with E-state index in [1.165, 1.54) is 10.1 Å². The highest BCUT2D eigenvalue weighted by molar-refractivity contribution is 5.67. The minimum absolute atomic E-state index is 0.129. The molecule has 4 rings (SSSR count). The van der Waals surface area contributed by atoms with Gasteiger partial charge in [-0.05, 0) is 30.2 Å². The van der Waals surface area contributed by atoms with Gasteiger partial charge in [0, 0.05) is 6.20 Å². The van der Waals surface area contributed by atoms with Crippen LogP contribution in [0.25, 0.3) is 11.2 Å². The van der Waals surface area contributed by atoms with E-state index < -0.39 is 5.76 Å². The van der Waals surface area contributed by atoms with E-state index in [1.807, 2.05) is 31.2 Å². The van der Waals surface area contributed by atoms with Crippen molar-refractivity contribution in [2.75, 3.05) is 0 Å². The van der Waals surface area contributed by atoms with E-state index >= 15 is 0 Å². The highest BCUT2D eigenvalue weighted by Crippen LogP contribution is 2.14. The number of pyridine rings is 1. The molecule has 3 aromatic heterocycles. The quantitative estimate of drug-likeness (QED) is 0.573. The smallest absolute Gasteiger partial charge is 0.421 e. The van der Waals surface area contributed by atoms with Gasteiger partial charge in [0.2, 0.25) is 11.8 Å². The number of aromatic nitrogens is 4. The van der Waals surface area contributed by atoms with Crippen LogP contribution in [-0.4, -0.2) is 19.7 Å². The summed E-state index contributed by atoms with van der Waals surface area (Å²) in [6.07, 6.45) is 2.16. The first-order valence-electron chi connectivity index (χ1n) is 7.51. The lowest BCUT2D eigenvalue weighted by molar-refractivity contribution is 0.432. The molecule has 0 saturated heterocycles. The molecule has 4 aromatic rings. The molecule has 0 unspecified atom stereocenters. The third kappa shape index (κ3) is 2.60. The number of nitrogens with zero attached hydrogens (tertiary/aromatic N) is 4. The van der Waals surface area contributed by atoms with Gasteiger partial charge in [0.05, 0.1) is 6.42 Å². The van der Waals surface area contributed by atoms with Crippen LogP contribution in [-0.2, 0) is 13.0 Å². The number of hydrogen-bond donors (Lipinski definition) is 0. The molecular weight excluding hydrogens is 308 g/mol. The fraction of sp³-hybridized carbons (Fsp3) is 0.176. The van der Waals surface area contributed by atoms with E-state index in [1.54, 1.807) is 18.3 Å². The monoisotopic (exact) mass is 322 g/mol. The zero-order chi connectivity index (χ0) is 16.5. The van der Waals surface area contributed by atoms with Crippen LogP contribution in [0.15, 0.2) is 56.2 Å². The molecule has 3 heterocycles. The second-order valence-electron chi connectivity index (χ2n) is 5.47. The molecular formula is C17H14N4O3. The molecule has 0 aliphatic carbocycles. The van der Waals surface area contributed by atoms with Crippen LogP contribution >= 0.6 is 0 Å². The summed E-state index contributed by atoms with van der Waals surface area (Å²) >= 11 is 0. The maximum absolute atomic E-state index is 12.0. The Morgan fingerprint density at radius 3 is 2.75 bits per heavy atom. The highest BCUT2D eigenvalue weighted by Gasteiger charge is 2.14. The summed E-state index contributed by atoms with van der Waals surface area (Å²) in [5.74, 6) is 0.351. The lowest BCUT2D eigenvalue weighted by atomic mass is 10.1. The van der Waals surface area contributed by atoms with Gasteiger partial charge in [0.25, 0.3) is 0 Å². The predicted octanol–water partition coefficient (Wildman–Crippen LogP) is 2.32. The van der Waals surface area contributed by atoms with Gasteiger partial charge < -0.3 is 8.83 Å². The second-order valence-corrected chi connectivity index (χ2v) is 5.47. The minimum Gasteiger partial charge on any atom is -0.423 e. The molecule has 0 aliphatic rings. The Hall–Kier alpha value is -3.22. The molecule has 0 radical (unpaired) electrons. The Bertz CT molecular complexity index is 1060. The molecule has 24 heavy (non-hydrogen) atoms. The van der Waals surface area contributed by atoms with E-state index in [0.29, 0.717) is 29.4 Å². The molecule has 1 aromatic carbocycles. The van der Waals surface area contributed by atoms with Crippen LogP contribution in [0.4, 0.5) is 0 Å². The summed E-state index contributed by atoms with van der Waals surface area (Å²) in [6, 6.07) is 11.4. The molecule has 120 valence electrons. The lowest BCUT2D eigenvalue weighted by Crippen LogP contribution is -2.15. The number of fused-ring (bicyclic) bond motifs is 1. The van der Waals surface area contributed by atoms with E-state index in [9.17, 15) is 4.79 Å². The topological polar surface area (TPSA) is 87.0 Å². The maximum atomic E-state index is 12.0. The van der Waals surface area contributed by atoms with Crippen molar-refractivity contribution in [3.05, 3.63) is 76.1 Å². The fourth-order valence-corrected chi connectivity index (χ4v) is 2.57. The van der Waals surface area contributed by atoms with Crippen molar-refractivity contribution in [3.63, 3.8) is 0 Å².